The van der Waals surface area contributed by atoms with E-state index in [4.69, 9.17) is 5.26 Å². The molecule has 0 radical (unpaired) electrons. The molecule has 5 heteroatoms. The lowest BCUT2D eigenvalue weighted by molar-refractivity contribution is 0.469. The average molecular weight is 190 g/mol. The average Bonchev–Trinajstić information content (AvgIpc) is 1.99. The van der Waals surface area contributed by atoms with Crippen LogP contribution < -0.4 is 0 Å². The van der Waals surface area contributed by atoms with Crippen LogP contribution in [0.4, 0.5) is 0 Å². The Balaban J connectivity index is 4.29. The summed E-state index contributed by atoms with van der Waals surface area (Å²) >= 11 is 0. The van der Waals surface area contributed by atoms with Gasteiger partial charge in [-0.1, -0.05) is 0 Å². The Morgan fingerprint density at radius 3 is 2.33 bits per heavy atom. The molecule has 0 aromatic rings. The van der Waals surface area contributed by atoms with Gasteiger partial charge >= 0.3 is 0 Å². The largest absolute Gasteiger partial charge is 0.216 e. The fourth-order valence-corrected chi connectivity index (χ4v) is 1.76. The van der Waals surface area contributed by atoms with Gasteiger partial charge in [0, 0.05) is 20.0 Å². The number of hydrogen-bond donors (Lipinski definition) is 0. The number of sulfonamides is 1. The standard InChI is InChI=1S/C7H14N2O2S/c1-7(2)12(10,11)9(3)6-4-5-8/h7H,4,6H2,1-3H3. The molecule has 0 amide bonds. The second kappa shape index (κ2) is 4.43. The molecule has 70 valence electrons. The Morgan fingerprint density at radius 2 is 2.00 bits per heavy atom. The minimum atomic E-state index is -3.17. The van der Waals surface area contributed by atoms with Crippen molar-refractivity contribution < 1.29 is 8.42 Å². The van der Waals surface area contributed by atoms with E-state index in [1.165, 1.54) is 11.4 Å². The molecule has 0 aliphatic carbocycles. The Labute approximate surface area is 73.8 Å². The van der Waals surface area contributed by atoms with Gasteiger partial charge in [-0.3, -0.25) is 0 Å². The van der Waals surface area contributed by atoms with Crippen LogP contribution in [0.5, 0.6) is 0 Å². The van der Waals surface area contributed by atoms with Crippen LogP contribution in [-0.4, -0.2) is 31.6 Å². The van der Waals surface area contributed by atoms with Crippen molar-refractivity contribution >= 4 is 10.0 Å². The zero-order chi connectivity index (χ0) is 9.78. The molecule has 0 atom stereocenters. The lowest BCUT2D eigenvalue weighted by Crippen LogP contribution is -2.33. The third kappa shape index (κ3) is 2.80. The normalized spacial score (nSPS) is 12.0. The van der Waals surface area contributed by atoms with E-state index < -0.39 is 15.3 Å². The Kier molecular flexibility index (Phi) is 4.21. The summed E-state index contributed by atoms with van der Waals surface area (Å²) in [6.45, 7) is 3.52. The molecule has 0 saturated carbocycles. The maximum absolute atomic E-state index is 11.4. The summed E-state index contributed by atoms with van der Waals surface area (Å²) in [4.78, 5) is 0. The van der Waals surface area contributed by atoms with Crippen molar-refractivity contribution in [2.75, 3.05) is 13.6 Å². The smallest absolute Gasteiger partial charge is 0.212 e. The number of hydrogen-bond acceptors (Lipinski definition) is 3. The van der Waals surface area contributed by atoms with Gasteiger partial charge in [0.1, 0.15) is 0 Å². The summed E-state index contributed by atoms with van der Waals surface area (Å²) in [5, 5.41) is 7.83. The predicted molar refractivity (Wildman–Crippen MR) is 46.9 cm³/mol. The summed E-state index contributed by atoms with van der Waals surface area (Å²) in [5.74, 6) is 0. The highest BCUT2D eigenvalue weighted by atomic mass is 32.2. The molecule has 0 aliphatic heterocycles. The van der Waals surface area contributed by atoms with Crippen LogP contribution in [0.15, 0.2) is 0 Å². The third-order valence-electron chi connectivity index (χ3n) is 1.57. The molecule has 0 fully saturated rings. The Morgan fingerprint density at radius 1 is 1.50 bits per heavy atom. The molecular formula is C7H14N2O2S. The zero-order valence-electron chi connectivity index (χ0n) is 7.61. The topological polar surface area (TPSA) is 61.2 Å². The van der Waals surface area contributed by atoms with Gasteiger partial charge in [-0.2, -0.15) is 5.26 Å². The minimum absolute atomic E-state index is 0.239. The van der Waals surface area contributed by atoms with Crippen molar-refractivity contribution in [1.29, 1.82) is 5.26 Å². The molecule has 0 bridgehead atoms. The van der Waals surface area contributed by atoms with Crippen LogP contribution in [0.2, 0.25) is 0 Å². The molecule has 4 nitrogen and oxygen atoms in total. The first kappa shape index (κ1) is 11.4. The molecular weight excluding hydrogens is 176 g/mol. The molecule has 0 N–H and O–H groups in total. The first-order valence-electron chi connectivity index (χ1n) is 3.75. The van der Waals surface area contributed by atoms with Crippen molar-refractivity contribution in [3.8, 4) is 6.07 Å². The van der Waals surface area contributed by atoms with E-state index in [1.807, 2.05) is 6.07 Å². The fraction of sp³-hybridized carbons (Fsp3) is 0.857. The van der Waals surface area contributed by atoms with Crippen molar-refractivity contribution in [1.82, 2.24) is 4.31 Å². The minimum Gasteiger partial charge on any atom is -0.212 e. The van der Waals surface area contributed by atoms with Crippen molar-refractivity contribution in [2.24, 2.45) is 0 Å². The van der Waals surface area contributed by atoms with Gasteiger partial charge < -0.3 is 0 Å². The van der Waals surface area contributed by atoms with Crippen LogP contribution in [0.1, 0.15) is 20.3 Å². The number of nitrogens with zero attached hydrogens (tertiary/aromatic N) is 2. The maximum Gasteiger partial charge on any atom is 0.216 e. The summed E-state index contributed by atoms with van der Waals surface area (Å²) in [6, 6.07) is 1.90. The van der Waals surface area contributed by atoms with Gasteiger partial charge in [-0.15, -0.1) is 0 Å². The van der Waals surface area contributed by atoms with Crippen molar-refractivity contribution in [3.63, 3.8) is 0 Å². The molecule has 0 aromatic heterocycles. The quantitative estimate of drug-likeness (QED) is 0.651. The number of rotatable bonds is 4. The molecule has 0 aliphatic rings. The van der Waals surface area contributed by atoms with E-state index in [2.05, 4.69) is 0 Å². The SMILES string of the molecule is CC(C)S(=O)(=O)N(C)CCC#N. The highest BCUT2D eigenvalue weighted by Gasteiger charge is 2.21. The van der Waals surface area contributed by atoms with E-state index in [-0.39, 0.29) is 13.0 Å². The highest BCUT2D eigenvalue weighted by Crippen LogP contribution is 2.05. The lowest BCUT2D eigenvalue weighted by atomic mass is 10.5. The zero-order valence-corrected chi connectivity index (χ0v) is 8.43. The van der Waals surface area contributed by atoms with E-state index in [1.54, 1.807) is 13.8 Å². The van der Waals surface area contributed by atoms with Gasteiger partial charge in [-0.25, -0.2) is 12.7 Å². The van der Waals surface area contributed by atoms with Crippen molar-refractivity contribution in [2.45, 2.75) is 25.5 Å². The van der Waals surface area contributed by atoms with Gasteiger partial charge in [0.25, 0.3) is 0 Å². The number of nitriles is 1. The summed E-state index contributed by atoms with van der Waals surface area (Å²) in [7, 11) is -1.67. The molecule has 12 heavy (non-hydrogen) atoms. The molecule has 0 heterocycles. The monoisotopic (exact) mass is 190 g/mol. The van der Waals surface area contributed by atoms with E-state index in [9.17, 15) is 8.42 Å². The molecule has 0 saturated heterocycles. The van der Waals surface area contributed by atoms with E-state index in [0.29, 0.717) is 0 Å². The summed E-state index contributed by atoms with van der Waals surface area (Å²) in [6.07, 6.45) is 0.239. The molecule has 0 rings (SSSR count). The van der Waals surface area contributed by atoms with Crippen LogP contribution in [0.3, 0.4) is 0 Å². The summed E-state index contributed by atoms with van der Waals surface area (Å²) in [5.41, 5.74) is 0. The van der Waals surface area contributed by atoms with Gasteiger partial charge in [0.15, 0.2) is 0 Å². The lowest BCUT2D eigenvalue weighted by Gasteiger charge is -2.17. The van der Waals surface area contributed by atoms with Gasteiger partial charge in [0.05, 0.1) is 11.3 Å². The first-order valence-corrected chi connectivity index (χ1v) is 5.25. The second-order valence-corrected chi connectivity index (χ2v) is 5.42. The van der Waals surface area contributed by atoms with Crippen molar-refractivity contribution in [3.05, 3.63) is 0 Å². The highest BCUT2D eigenvalue weighted by molar-refractivity contribution is 7.89. The fourth-order valence-electron chi connectivity index (χ4n) is 0.695. The Hall–Kier alpha value is -0.600. The van der Waals surface area contributed by atoms with Crippen LogP contribution in [0, 0.1) is 11.3 Å². The van der Waals surface area contributed by atoms with Crippen LogP contribution >= 0.6 is 0 Å². The Bertz CT molecular complexity index is 264. The molecule has 0 spiro atoms. The molecule has 0 aromatic carbocycles. The van der Waals surface area contributed by atoms with Crippen LogP contribution in [-0.2, 0) is 10.0 Å². The van der Waals surface area contributed by atoms with Gasteiger partial charge in [0.2, 0.25) is 10.0 Å². The van der Waals surface area contributed by atoms with Crippen LogP contribution in [0.25, 0.3) is 0 Å². The third-order valence-corrected chi connectivity index (χ3v) is 3.81. The predicted octanol–water partition coefficient (Wildman–Crippen LogP) is 0.570. The first-order chi connectivity index (χ1) is 5.42. The molecule has 0 unspecified atom stereocenters. The summed E-state index contributed by atoms with van der Waals surface area (Å²) < 4.78 is 23.9. The van der Waals surface area contributed by atoms with E-state index in [0.717, 1.165) is 0 Å². The van der Waals surface area contributed by atoms with E-state index >= 15 is 0 Å². The second-order valence-electron chi connectivity index (χ2n) is 2.82. The maximum atomic E-state index is 11.4. The van der Waals surface area contributed by atoms with Gasteiger partial charge in [-0.05, 0) is 13.8 Å².